The van der Waals surface area contributed by atoms with Gasteiger partial charge in [0, 0.05) is 50.0 Å². The van der Waals surface area contributed by atoms with Gasteiger partial charge in [0.15, 0.2) is 0 Å². The fraction of sp³-hybridized carbons (Fsp3) is 0.215. The first-order valence-corrected chi connectivity index (χ1v) is 29.8. The maximum atomic E-state index is 5.36. The Labute approximate surface area is 483 Å². The fourth-order valence-corrected chi connectivity index (χ4v) is 15.4. The number of nitrogens with zero attached hydrogens (tertiary/aromatic N) is 2. The lowest BCUT2D eigenvalue weighted by Gasteiger charge is -2.44. The molecule has 1 atom stereocenters. The molecule has 16 rings (SSSR count). The van der Waals surface area contributed by atoms with E-state index in [0.717, 1.165) is 17.1 Å². The Morgan fingerprint density at radius 2 is 0.878 bits per heavy atom. The molecule has 0 spiro atoms. The molecular formula is C79H69BN2. The predicted molar refractivity (Wildman–Crippen MR) is 356 cm³/mol. The molecule has 1 unspecified atom stereocenters. The Morgan fingerprint density at radius 3 is 1.48 bits per heavy atom. The number of para-hydroxylation sites is 2. The summed E-state index contributed by atoms with van der Waals surface area (Å²) in [5, 5.41) is 15.7. The van der Waals surface area contributed by atoms with Gasteiger partial charge in [-0.25, -0.2) is 0 Å². The number of fused-ring (bicyclic) bond motifs is 17. The van der Waals surface area contributed by atoms with Gasteiger partial charge in [0.2, 0.25) is 6.71 Å². The van der Waals surface area contributed by atoms with Gasteiger partial charge in [0.1, 0.15) is 0 Å². The van der Waals surface area contributed by atoms with Crippen LogP contribution in [0.15, 0.2) is 189 Å². The first kappa shape index (κ1) is 49.4. The maximum absolute atomic E-state index is 5.36. The van der Waals surface area contributed by atoms with Crippen LogP contribution in [0.3, 0.4) is 0 Å². The molecule has 1 aliphatic carbocycles. The number of benzene rings is 12. The largest absolute Gasteiger partial charge is 0.310 e. The summed E-state index contributed by atoms with van der Waals surface area (Å²) in [5.74, 6) is -0.115. The fourth-order valence-electron chi connectivity index (χ4n) is 15.4. The molecule has 3 aliphatic rings. The third kappa shape index (κ3) is 6.65. The third-order valence-electron chi connectivity index (χ3n) is 19.5. The van der Waals surface area contributed by atoms with Crippen molar-refractivity contribution < 1.29 is 0 Å². The van der Waals surface area contributed by atoms with E-state index in [1.165, 1.54) is 153 Å². The van der Waals surface area contributed by atoms with Gasteiger partial charge < -0.3 is 9.47 Å². The maximum Gasteiger partial charge on any atom is 0.247 e. The van der Waals surface area contributed by atoms with Crippen molar-refractivity contribution in [1.29, 1.82) is 0 Å². The summed E-state index contributed by atoms with van der Waals surface area (Å²) in [6.07, 6.45) is 0. The van der Waals surface area contributed by atoms with Gasteiger partial charge in [-0.15, -0.1) is 0 Å². The summed E-state index contributed by atoms with van der Waals surface area (Å²) < 4.78 is 2.78. The van der Waals surface area contributed by atoms with E-state index in [0.29, 0.717) is 0 Å². The normalized spacial score (nSPS) is 15.0. The Bertz CT molecular complexity index is 4910. The van der Waals surface area contributed by atoms with Crippen molar-refractivity contribution in [3.05, 3.63) is 228 Å². The lowest BCUT2D eigenvalue weighted by molar-refractivity contribution is 0.589. The van der Waals surface area contributed by atoms with Crippen LogP contribution in [0.5, 0.6) is 0 Å². The highest BCUT2D eigenvalue weighted by molar-refractivity contribution is 6.99. The number of anilines is 3. The molecule has 12 aromatic carbocycles. The van der Waals surface area contributed by atoms with Crippen LogP contribution in [-0.4, -0.2) is 11.3 Å². The molecule has 0 bridgehead atoms. The SMILES string of the molecule is C=C1c2ccc(C(C)(C)C)cc2-c2cc(C(C)(C)C)cc3c2C1c1c2c(c4c5ccccc5c5cc(N(c6ccccc6)c6ccccc6)cc6c7ccccc7c1c4c65)-n1c4ccc(C(C)(C)C)cc4c4cc(C(C)(C)C)cc(c41)B32. The molecule has 13 aromatic rings. The predicted octanol–water partition coefficient (Wildman–Crippen LogP) is 19.6. The molecule has 0 saturated carbocycles. The van der Waals surface area contributed by atoms with E-state index in [4.69, 9.17) is 6.58 Å². The second-order valence-electron chi connectivity index (χ2n) is 28.5. The van der Waals surface area contributed by atoms with E-state index in [9.17, 15) is 0 Å². The molecule has 0 fully saturated rings. The van der Waals surface area contributed by atoms with Crippen molar-refractivity contribution >= 4 is 121 Å². The van der Waals surface area contributed by atoms with Crippen LogP contribution >= 0.6 is 0 Å². The van der Waals surface area contributed by atoms with Crippen molar-refractivity contribution in [3.63, 3.8) is 0 Å². The Morgan fingerprint density at radius 1 is 0.378 bits per heavy atom. The molecule has 1 aromatic heterocycles. The molecule has 2 aliphatic heterocycles. The smallest absolute Gasteiger partial charge is 0.247 e. The van der Waals surface area contributed by atoms with Gasteiger partial charge in [-0.2, -0.15) is 0 Å². The van der Waals surface area contributed by atoms with Gasteiger partial charge in [0.25, 0.3) is 0 Å². The minimum absolute atomic E-state index is 0.0352. The Balaban J connectivity index is 1.18. The van der Waals surface area contributed by atoms with Crippen LogP contribution in [-0.2, 0) is 21.7 Å². The zero-order valence-electron chi connectivity index (χ0n) is 49.6. The Hall–Kier alpha value is -8.40. The van der Waals surface area contributed by atoms with Crippen molar-refractivity contribution in [2.45, 2.75) is 111 Å². The summed E-state index contributed by atoms with van der Waals surface area (Å²) in [6.45, 7) is 33.9. The quantitative estimate of drug-likeness (QED) is 0.0973. The van der Waals surface area contributed by atoms with Gasteiger partial charge in [-0.3, -0.25) is 0 Å². The van der Waals surface area contributed by atoms with Gasteiger partial charge >= 0.3 is 0 Å². The van der Waals surface area contributed by atoms with Crippen molar-refractivity contribution in [3.8, 4) is 16.8 Å². The van der Waals surface area contributed by atoms with E-state index in [1.54, 1.807) is 0 Å². The third-order valence-corrected chi connectivity index (χ3v) is 19.5. The van der Waals surface area contributed by atoms with Crippen LogP contribution in [0.25, 0.3) is 98.1 Å². The zero-order valence-corrected chi connectivity index (χ0v) is 49.6. The highest BCUT2D eigenvalue weighted by atomic mass is 15.1. The first-order chi connectivity index (χ1) is 39.2. The monoisotopic (exact) mass is 1060 g/mol. The number of rotatable bonds is 3. The van der Waals surface area contributed by atoms with Gasteiger partial charge in [-0.05, 0) is 186 Å². The average molecular weight is 1060 g/mol. The minimum Gasteiger partial charge on any atom is -0.310 e. The van der Waals surface area contributed by atoms with E-state index in [1.807, 2.05) is 0 Å². The highest BCUT2D eigenvalue weighted by Gasteiger charge is 2.49. The highest BCUT2D eigenvalue weighted by Crippen LogP contribution is 2.58. The van der Waals surface area contributed by atoms with Crippen molar-refractivity contribution in [2.75, 3.05) is 4.90 Å². The van der Waals surface area contributed by atoms with Gasteiger partial charge in [-0.1, -0.05) is 223 Å². The lowest BCUT2D eigenvalue weighted by atomic mass is 9.30. The molecular weight excluding hydrogens is 988 g/mol. The van der Waals surface area contributed by atoms with Crippen molar-refractivity contribution in [1.82, 2.24) is 4.57 Å². The number of allylic oxidation sites excluding steroid dienone is 1. The van der Waals surface area contributed by atoms with E-state index >= 15 is 0 Å². The lowest BCUT2D eigenvalue weighted by Crippen LogP contribution is -2.62. The zero-order chi connectivity index (χ0) is 56.4. The second-order valence-corrected chi connectivity index (χ2v) is 28.5. The molecule has 3 heterocycles. The summed E-state index contributed by atoms with van der Waals surface area (Å²) in [7, 11) is 0. The molecule has 398 valence electrons. The van der Waals surface area contributed by atoms with Crippen LogP contribution < -0.4 is 21.3 Å². The number of hydrogen-bond acceptors (Lipinski definition) is 1. The molecule has 0 radical (unpaired) electrons. The van der Waals surface area contributed by atoms with Crippen molar-refractivity contribution in [2.24, 2.45) is 0 Å². The Kier molecular flexibility index (Phi) is 9.89. The molecule has 0 N–H and O–H groups in total. The van der Waals surface area contributed by atoms with Crippen LogP contribution in [0, 0.1) is 0 Å². The molecule has 2 nitrogen and oxygen atoms in total. The summed E-state index contributed by atoms with van der Waals surface area (Å²) in [4.78, 5) is 2.45. The second kappa shape index (κ2) is 16.4. The molecule has 82 heavy (non-hydrogen) atoms. The number of hydrogen-bond donors (Lipinski definition) is 0. The van der Waals surface area contributed by atoms with Crippen LogP contribution in [0.1, 0.15) is 128 Å². The number of aromatic nitrogens is 1. The van der Waals surface area contributed by atoms with E-state index in [-0.39, 0.29) is 34.3 Å². The molecule has 0 saturated heterocycles. The summed E-state index contributed by atoms with van der Waals surface area (Å²) in [5.41, 5.74) is 24.7. The topological polar surface area (TPSA) is 8.17 Å². The van der Waals surface area contributed by atoms with Crippen LogP contribution in [0.4, 0.5) is 17.1 Å². The first-order valence-electron chi connectivity index (χ1n) is 29.8. The summed E-state index contributed by atoms with van der Waals surface area (Å²) in [6, 6.07) is 70.9. The molecule has 3 heteroatoms. The average Bonchev–Trinajstić information content (AvgIpc) is 1.03. The summed E-state index contributed by atoms with van der Waals surface area (Å²) >= 11 is 0. The molecule has 0 amide bonds. The van der Waals surface area contributed by atoms with E-state index < -0.39 is 0 Å². The van der Waals surface area contributed by atoms with Gasteiger partial charge in [0.05, 0.1) is 11.2 Å². The van der Waals surface area contributed by atoms with E-state index in [2.05, 4.69) is 275 Å². The van der Waals surface area contributed by atoms with Crippen LogP contribution in [0.2, 0.25) is 0 Å². The standard InChI is InChI=1S/C79H69BN2/c1-44-52-34-32-45(76(2,3)4)36-57(52)59-38-47(78(8,9)10)40-63-68(59)66(44)72-69-55-30-22-20-28-53(55)60-42-51(81(49-24-16-14-17-25-49)50-26-18-15-19-27-50)43-61-54-29-21-23-31-56(54)70(71(69)67(60)61)75-73(72)80(63)64-41-48(79(11,12)13)39-62-58-37-46(77(5,6)7)33-35-65(58)82(75)74(62)64/h14-43,66H,1H2,2-13H3. The minimum atomic E-state index is -0.120.